The lowest BCUT2D eigenvalue weighted by Crippen LogP contribution is -2.28. The minimum absolute atomic E-state index is 0.0351. The van der Waals surface area contributed by atoms with Crippen molar-refractivity contribution < 1.29 is 14.3 Å². The molecule has 3 aromatic rings. The molecule has 0 aliphatic rings. The van der Waals surface area contributed by atoms with Crippen LogP contribution in [0.3, 0.4) is 0 Å². The second kappa shape index (κ2) is 6.84. The fraction of sp³-hybridized carbons (Fsp3) is 0.286. The van der Waals surface area contributed by atoms with E-state index < -0.39 is 23.3 Å². The van der Waals surface area contributed by atoms with Gasteiger partial charge >= 0.3 is 0 Å². The van der Waals surface area contributed by atoms with Gasteiger partial charge in [0.25, 0.3) is 5.56 Å². The lowest BCUT2D eigenvalue weighted by atomic mass is 9.98. The van der Waals surface area contributed by atoms with Crippen LogP contribution in [0.1, 0.15) is 58.3 Å². The third-order valence-electron chi connectivity index (χ3n) is 4.91. The van der Waals surface area contributed by atoms with E-state index in [9.17, 15) is 20.0 Å². The number of rotatable bonds is 3. The normalized spacial score (nSPS) is 11.2. The molecular weight excluding hydrogens is 380 g/mol. The first-order valence-electron chi connectivity index (χ1n) is 8.72. The van der Waals surface area contributed by atoms with Gasteiger partial charge in [0.05, 0.1) is 5.56 Å². The predicted octanol–water partition coefficient (Wildman–Crippen LogP) is 4.56. The van der Waals surface area contributed by atoms with Crippen LogP contribution >= 0.6 is 11.6 Å². The molecule has 0 saturated heterocycles. The topological polar surface area (TPSA) is 96.2 Å². The van der Waals surface area contributed by atoms with Crippen LogP contribution in [-0.4, -0.2) is 15.5 Å². The van der Waals surface area contributed by atoms with Gasteiger partial charge in [-0.15, -0.1) is 0 Å². The molecule has 28 heavy (non-hydrogen) atoms. The van der Waals surface area contributed by atoms with Gasteiger partial charge in [0.1, 0.15) is 17.2 Å². The van der Waals surface area contributed by atoms with E-state index in [2.05, 4.69) is 0 Å². The maximum Gasteiger partial charge on any atom is 0.271 e. The number of aryl methyl sites for hydroxylation is 2. The third-order valence-corrected chi connectivity index (χ3v) is 5.32. The number of furan rings is 1. The van der Waals surface area contributed by atoms with E-state index in [1.54, 1.807) is 32.9 Å². The molecule has 1 aromatic carbocycles. The SMILES string of the molecule is Cc1cc2oc(C(=O)c3c(C)c(C#N)c(=O)n(C(C)C)c3O)c(C)c2cc1Cl. The van der Waals surface area contributed by atoms with Crippen molar-refractivity contribution in [3.8, 4) is 11.9 Å². The van der Waals surface area contributed by atoms with E-state index in [-0.39, 0.29) is 22.5 Å². The number of ketones is 1. The van der Waals surface area contributed by atoms with Crippen molar-refractivity contribution in [2.24, 2.45) is 0 Å². The molecule has 3 rings (SSSR count). The van der Waals surface area contributed by atoms with Gasteiger partial charge in [-0.2, -0.15) is 5.26 Å². The average Bonchev–Trinajstić information content (AvgIpc) is 2.91. The highest BCUT2D eigenvalue weighted by Gasteiger charge is 2.29. The van der Waals surface area contributed by atoms with Gasteiger partial charge in [-0.25, -0.2) is 0 Å². The van der Waals surface area contributed by atoms with Crippen LogP contribution in [0.2, 0.25) is 5.02 Å². The molecule has 0 saturated carbocycles. The van der Waals surface area contributed by atoms with E-state index >= 15 is 0 Å². The molecule has 7 heteroatoms. The number of halogens is 1. The van der Waals surface area contributed by atoms with Crippen molar-refractivity contribution in [3.05, 3.63) is 61.1 Å². The van der Waals surface area contributed by atoms with Gasteiger partial charge in [-0.1, -0.05) is 11.6 Å². The number of hydrogen-bond donors (Lipinski definition) is 1. The molecule has 2 aromatic heterocycles. The number of fused-ring (bicyclic) bond motifs is 1. The Bertz CT molecular complexity index is 1240. The standard InChI is InChI=1S/C21H19ClN2O4/c1-9(2)24-20(26)14(8-23)11(4)17(21(24)27)18(25)19-12(5)13-7-15(22)10(3)6-16(13)28-19/h6-7,9,27H,1-5H3. The zero-order chi connectivity index (χ0) is 20.9. The van der Waals surface area contributed by atoms with Gasteiger partial charge in [0, 0.05) is 22.0 Å². The molecule has 144 valence electrons. The number of nitriles is 1. The minimum atomic E-state index is -0.632. The number of hydrogen-bond acceptors (Lipinski definition) is 5. The van der Waals surface area contributed by atoms with Gasteiger partial charge in [0.15, 0.2) is 5.76 Å². The van der Waals surface area contributed by atoms with Crippen molar-refractivity contribution in [2.75, 3.05) is 0 Å². The van der Waals surface area contributed by atoms with Crippen LogP contribution in [0.15, 0.2) is 21.3 Å². The third kappa shape index (κ3) is 2.79. The molecule has 0 spiro atoms. The monoisotopic (exact) mass is 398 g/mol. The number of carbonyl (C=O) groups is 1. The van der Waals surface area contributed by atoms with Crippen molar-refractivity contribution in [1.29, 1.82) is 5.26 Å². The highest BCUT2D eigenvalue weighted by molar-refractivity contribution is 6.32. The molecule has 6 nitrogen and oxygen atoms in total. The Morgan fingerprint density at radius 3 is 2.46 bits per heavy atom. The van der Waals surface area contributed by atoms with E-state index in [1.165, 1.54) is 6.92 Å². The summed E-state index contributed by atoms with van der Waals surface area (Å²) < 4.78 is 6.81. The van der Waals surface area contributed by atoms with Crippen LogP contribution in [-0.2, 0) is 0 Å². The van der Waals surface area contributed by atoms with Crippen LogP contribution in [0.4, 0.5) is 0 Å². The minimum Gasteiger partial charge on any atom is -0.494 e. The Labute approximate surface area is 166 Å². The van der Waals surface area contributed by atoms with Crippen molar-refractivity contribution in [1.82, 2.24) is 4.57 Å². The first-order chi connectivity index (χ1) is 13.1. The van der Waals surface area contributed by atoms with Gasteiger partial charge in [-0.05, 0) is 57.9 Å². The summed E-state index contributed by atoms with van der Waals surface area (Å²) in [6.45, 7) is 8.39. The lowest BCUT2D eigenvalue weighted by molar-refractivity contribution is 0.100. The van der Waals surface area contributed by atoms with Gasteiger partial charge in [-0.3, -0.25) is 14.2 Å². The Kier molecular flexibility index (Phi) is 4.82. The summed E-state index contributed by atoms with van der Waals surface area (Å²) in [5, 5.41) is 21.3. The van der Waals surface area contributed by atoms with Crippen LogP contribution < -0.4 is 5.56 Å². The second-order valence-electron chi connectivity index (χ2n) is 7.06. The fourth-order valence-electron chi connectivity index (χ4n) is 3.34. The van der Waals surface area contributed by atoms with Crippen molar-refractivity contribution >= 4 is 28.4 Å². The first kappa shape index (κ1) is 19.7. The largest absolute Gasteiger partial charge is 0.494 e. The molecule has 1 N–H and O–H groups in total. The number of nitrogens with zero attached hydrogens (tertiary/aromatic N) is 2. The lowest BCUT2D eigenvalue weighted by Gasteiger charge is -2.17. The summed E-state index contributed by atoms with van der Waals surface area (Å²) in [6.07, 6.45) is 0. The highest BCUT2D eigenvalue weighted by Crippen LogP contribution is 2.34. The Hall–Kier alpha value is -3.04. The number of pyridine rings is 1. The van der Waals surface area contributed by atoms with E-state index in [0.717, 1.165) is 10.1 Å². The molecular formula is C21H19ClN2O4. The quantitative estimate of drug-likeness (QED) is 0.652. The Balaban J connectivity index is 2.34. The predicted molar refractivity (Wildman–Crippen MR) is 106 cm³/mol. The maximum atomic E-state index is 13.3. The van der Waals surface area contributed by atoms with E-state index in [0.29, 0.717) is 21.6 Å². The molecule has 0 atom stereocenters. The first-order valence-corrected chi connectivity index (χ1v) is 9.10. The molecule has 0 radical (unpaired) electrons. The molecule has 0 aliphatic carbocycles. The fourth-order valence-corrected chi connectivity index (χ4v) is 3.51. The van der Waals surface area contributed by atoms with Crippen molar-refractivity contribution in [2.45, 2.75) is 40.7 Å². The second-order valence-corrected chi connectivity index (χ2v) is 7.47. The Morgan fingerprint density at radius 1 is 1.25 bits per heavy atom. The zero-order valence-corrected chi connectivity index (χ0v) is 16.9. The van der Waals surface area contributed by atoms with E-state index in [1.807, 2.05) is 13.0 Å². The van der Waals surface area contributed by atoms with E-state index in [4.69, 9.17) is 16.0 Å². The molecule has 0 amide bonds. The summed E-state index contributed by atoms with van der Waals surface area (Å²) in [5.74, 6) is -1.04. The molecule has 2 heterocycles. The number of carbonyl (C=O) groups excluding carboxylic acids is 1. The Morgan fingerprint density at radius 2 is 1.89 bits per heavy atom. The summed E-state index contributed by atoms with van der Waals surface area (Å²) in [4.78, 5) is 25.8. The molecule has 0 fully saturated rings. The van der Waals surface area contributed by atoms with Gasteiger partial charge in [0.2, 0.25) is 11.7 Å². The van der Waals surface area contributed by atoms with Crippen LogP contribution in [0.5, 0.6) is 5.88 Å². The summed E-state index contributed by atoms with van der Waals surface area (Å²) in [7, 11) is 0. The average molecular weight is 399 g/mol. The summed E-state index contributed by atoms with van der Waals surface area (Å²) >= 11 is 6.19. The molecule has 0 aliphatic heterocycles. The number of aromatic hydroxyl groups is 1. The molecule has 0 bridgehead atoms. The maximum absolute atomic E-state index is 13.3. The summed E-state index contributed by atoms with van der Waals surface area (Å²) in [6, 6.07) is 4.87. The van der Waals surface area contributed by atoms with Crippen molar-refractivity contribution in [3.63, 3.8) is 0 Å². The number of aromatic nitrogens is 1. The van der Waals surface area contributed by atoms with Crippen LogP contribution in [0.25, 0.3) is 11.0 Å². The highest BCUT2D eigenvalue weighted by atomic mass is 35.5. The zero-order valence-electron chi connectivity index (χ0n) is 16.2. The van der Waals surface area contributed by atoms with Crippen LogP contribution in [0, 0.1) is 32.1 Å². The van der Waals surface area contributed by atoms with Gasteiger partial charge < -0.3 is 9.52 Å². The molecule has 0 unspecified atom stereocenters. The smallest absolute Gasteiger partial charge is 0.271 e. The number of benzene rings is 1. The summed E-state index contributed by atoms with van der Waals surface area (Å²) in [5.41, 5.74) is 1.08.